The van der Waals surface area contributed by atoms with Crippen LogP contribution >= 0.6 is 0 Å². The van der Waals surface area contributed by atoms with Crippen molar-refractivity contribution in [2.75, 3.05) is 31.1 Å². The summed E-state index contributed by atoms with van der Waals surface area (Å²) >= 11 is 0. The highest BCUT2D eigenvalue weighted by molar-refractivity contribution is 5.60. The van der Waals surface area contributed by atoms with Crippen LogP contribution in [0.15, 0.2) is 24.3 Å². The molecule has 0 radical (unpaired) electrons. The van der Waals surface area contributed by atoms with E-state index in [1.165, 1.54) is 0 Å². The molecule has 1 aromatic rings. The number of unbranched alkanes of at least 4 members (excludes halogenated alkanes) is 1. The molecule has 0 N–H and O–H groups in total. The number of hydrogen-bond acceptors (Lipinski definition) is 3. The number of fused-ring (bicyclic) bond motifs is 1. The average Bonchev–Trinajstić information content (AvgIpc) is 2.48. The third kappa shape index (κ3) is 3.44. The smallest absolute Gasteiger partial charge is 0.210 e. The topological polar surface area (TPSA) is 32.8 Å². The molecule has 110 valence electrons. The second kappa shape index (κ2) is 7.17. The number of para-hydroxylation sites is 2. The van der Waals surface area contributed by atoms with Crippen molar-refractivity contribution >= 4 is 12.1 Å². The molecule has 0 aliphatic carbocycles. The van der Waals surface area contributed by atoms with E-state index in [0.717, 1.165) is 50.3 Å². The van der Waals surface area contributed by atoms with Gasteiger partial charge in [0.05, 0.1) is 12.2 Å². The van der Waals surface area contributed by atoms with Gasteiger partial charge in [-0.25, -0.2) is 0 Å². The van der Waals surface area contributed by atoms with Crippen LogP contribution in [0, 0.1) is 0 Å². The maximum atomic E-state index is 11.2. The van der Waals surface area contributed by atoms with Gasteiger partial charge in [-0.3, -0.25) is 4.79 Å². The maximum Gasteiger partial charge on any atom is 0.210 e. The summed E-state index contributed by atoms with van der Waals surface area (Å²) in [6.07, 6.45) is 3.15. The minimum Gasteiger partial charge on any atom is -0.490 e. The van der Waals surface area contributed by atoms with Crippen LogP contribution < -0.4 is 9.64 Å². The second-order valence-electron chi connectivity index (χ2n) is 5.31. The van der Waals surface area contributed by atoms with E-state index in [0.29, 0.717) is 6.61 Å². The minimum absolute atomic E-state index is 0.213. The number of benzene rings is 1. The largest absolute Gasteiger partial charge is 0.490 e. The number of nitrogens with zero attached hydrogens (tertiary/aromatic N) is 2. The lowest BCUT2D eigenvalue weighted by Gasteiger charge is -2.35. The van der Waals surface area contributed by atoms with E-state index >= 15 is 0 Å². The zero-order valence-corrected chi connectivity index (χ0v) is 12.4. The summed E-state index contributed by atoms with van der Waals surface area (Å²) in [7, 11) is 0. The molecule has 1 heterocycles. The van der Waals surface area contributed by atoms with Crippen molar-refractivity contribution in [2.45, 2.75) is 32.7 Å². The number of amides is 1. The van der Waals surface area contributed by atoms with E-state index in [2.05, 4.69) is 24.8 Å². The van der Waals surface area contributed by atoms with Gasteiger partial charge in [-0.05, 0) is 25.5 Å². The standard InChI is InChI=1S/C16H24N2O2/c1-3-4-9-18(13-19)14(2)12-17-10-11-20-16-8-6-5-7-15(16)17/h5-8,13-14H,3-4,9-12H2,1-2H3. The van der Waals surface area contributed by atoms with E-state index in [1.54, 1.807) is 0 Å². The Morgan fingerprint density at radius 3 is 3.00 bits per heavy atom. The van der Waals surface area contributed by atoms with E-state index in [4.69, 9.17) is 4.74 Å². The monoisotopic (exact) mass is 276 g/mol. The van der Waals surface area contributed by atoms with Crippen LogP contribution in [0.4, 0.5) is 5.69 Å². The lowest BCUT2D eigenvalue weighted by Crippen LogP contribution is -2.44. The van der Waals surface area contributed by atoms with Crippen LogP contribution in [0.25, 0.3) is 0 Å². The summed E-state index contributed by atoms with van der Waals surface area (Å²) in [5.41, 5.74) is 1.13. The Morgan fingerprint density at radius 2 is 2.25 bits per heavy atom. The Hall–Kier alpha value is -1.71. The molecule has 0 fully saturated rings. The first kappa shape index (κ1) is 14.7. The van der Waals surface area contributed by atoms with Crippen molar-refractivity contribution < 1.29 is 9.53 Å². The van der Waals surface area contributed by atoms with Crippen molar-refractivity contribution in [1.29, 1.82) is 0 Å². The summed E-state index contributed by atoms with van der Waals surface area (Å²) in [5.74, 6) is 0.942. The fourth-order valence-corrected chi connectivity index (χ4v) is 2.56. The van der Waals surface area contributed by atoms with E-state index < -0.39 is 0 Å². The van der Waals surface area contributed by atoms with Crippen LogP contribution in [-0.2, 0) is 4.79 Å². The minimum atomic E-state index is 0.213. The Balaban J connectivity index is 2.01. The Labute approximate surface area is 121 Å². The van der Waals surface area contributed by atoms with Gasteiger partial charge >= 0.3 is 0 Å². The molecule has 1 aromatic carbocycles. The highest BCUT2D eigenvalue weighted by Crippen LogP contribution is 2.31. The van der Waals surface area contributed by atoms with Crippen molar-refractivity contribution in [3.05, 3.63) is 24.3 Å². The summed E-state index contributed by atoms with van der Waals surface area (Å²) in [5, 5.41) is 0. The normalized spacial score (nSPS) is 15.2. The van der Waals surface area contributed by atoms with Crippen LogP contribution in [-0.4, -0.2) is 43.6 Å². The third-order valence-electron chi connectivity index (χ3n) is 3.78. The molecule has 20 heavy (non-hydrogen) atoms. The van der Waals surface area contributed by atoms with E-state index in [-0.39, 0.29) is 6.04 Å². The molecule has 1 amide bonds. The van der Waals surface area contributed by atoms with Crippen LogP contribution in [0.5, 0.6) is 5.75 Å². The molecule has 4 heteroatoms. The molecule has 0 bridgehead atoms. The second-order valence-corrected chi connectivity index (χ2v) is 5.31. The molecule has 4 nitrogen and oxygen atoms in total. The molecule has 2 rings (SSSR count). The zero-order chi connectivity index (χ0) is 14.4. The lowest BCUT2D eigenvalue weighted by atomic mass is 10.2. The fourth-order valence-electron chi connectivity index (χ4n) is 2.56. The highest BCUT2D eigenvalue weighted by Gasteiger charge is 2.21. The number of carbonyl (C=O) groups is 1. The molecule has 0 saturated carbocycles. The lowest BCUT2D eigenvalue weighted by molar-refractivity contribution is -0.119. The predicted molar refractivity (Wildman–Crippen MR) is 81.3 cm³/mol. The van der Waals surface area contributed by atoms with Gasteiger partial charge in [-0.1, -0.05) is 25.5 Å². The SMILES string of the molecule is CCCCN(C=O)C(C)CN1CCOc2ccccc21. The van der Waals surface area contributed by atoms with Crippen molar-refractivity contribution in [3.8, 4) is 5.75 Å². The molecule has 1 aliphatic heterocycles. The quantitative estimate of drug-likeness (QED) is 0.717. The van der Waals surface area contributed by atoms with Gasteiger partial charge in [-0.15, -0.1) is 0 Å². The van der Waals surface area contributed by atoms with Crippen LogP contribution in [0.2, 0.25) is 0 Å². The number of rotatable bonds is 7. The van der Waals surface area contributed by atoms with Gasteiger partial charge in [-0.2, -0.15) is 0 Å². The summed E-state index contributed by atoms with van der Waals surface area (Å²) in [4.78, 5) is 15.4. The van der Waals surface area contributed by atoms with Gasteiger partial charge < -0.3 is 14.5 Å². The summed E-state index contributed by atoms with van der Waals surface area (Å²) in [6.45, 7) is 7.53. The molecule has 1 unspecified atom stereocenters. The van der Waals surface area contributed by atoms with Gasteiger partial charge in [0.2, 0.25) is 6.41 Å². The molecule has 0 saturated heterocycles. The average molecular weight is 276 g/mol. The molecule has 0 aromatic heterocycles. The first-order valence-electron chi connectivity index (χ1n) is 7.44. The van der Waals surface area contributed by atoms with Crippen molar-refractivity contribution in [3.63, 3.8) is 0 Å². The molecular formula is C16H24N2O2. The number of hydrogen-bond donors (Lipinski definition) is 0. The van der Waals surface area contributed by atoms with Crippen LogP contribution in [0.1, 0.15) is 26.7 Å². The summed E-state index contributed by atoms with van der Waals surface area (Å²) in [6, 6.07) is 8.31. The molecule has 0 spiro atoms. The maximum absolute atomic E-state index is 11.2. The Bertz CT molecular complexity index is 436. The van der Waals surface area contributed by atoms with Crippen LogP contribution in [0.3, 0.4) is 0 Å². The number of ether oxygens (including phenoxy) is 1. The van der Waals surface area contributed by atoms with Gasteiger partial charge in [0.1, 0.15) is 12.4 Å². The van der Waals surface area contributed by atoms with Crippen molar-refractivity contribution in [2.24, 2.45) is 0 Å². The highest BCUT2D eigenvalue weighted by atomic mass is 16.5. The fraction of sp³-hybridized carbons (Fsp3) is 0.562. The third-order valence-corrected chi connectivity index (χ3v) is 3.78. The molecule has 1 atom stereocenters. The zero-order valence-electron chi connectivity index (χ0n) is 12.4. The number of carbonyl (C=O) groups excluding carboxylic acids is 1. The Morgan fingerprint density at radius 1 is 1.45 bits per heavy atom. The summed E-state index contributed by atoms with van der Waals surface area (Å²) < 4.78 is 5.66. The van der Waals surface area contributed by atoms with E-state index in [1.807, 2.05) is 23.1 Å². The van der Waals surface area contributed by atoms with Gasteiger partial charge in [0, 0.05) is 19.1 Å². The first-order valence-corrected chi connectivity index (χ1v) is 7.44. The predicted octanol–water partition coefficient (Wildman–Crippen LogP) is 2.53. The van der Waals surface area contributed by atoms with E-state index in [9.17, 15) is 4.79 Å². The molecule has 1 aliphatic rings. The van der Waals surface area contributed by atoms with Crippen molar-refractivity contribution in [1.82, 2.24) is 4.90 Å². The Kier molecular flexibility index (Phi) is 5.27. The van der Waals surface area contributed by atoms with Gasteiger partial charge in [0.15, 0.2) is 0 Å². The first-order chi connectivity index (χ1) is 9.76. The van der Waals surface area contributed by atoms with Gasteiger partial charge in [0.25, 0.3) is 0 Å². The number of anilines is 1. The molecular weight excluding hydrogens is 252 g/mol.